The zero-order chi connectivity index (χ0) is 21.6. The molecule has 6 nitrogen and oxygen atoms in total. The maximum Gasteiger partial charge on any atom is 0.355 e. The summed E-state index contributed by atoms with van der Waals surface area (Å²) in [5.74, 6) is 0.478. The molecule has 0 aliphatic carbocycles. The third-order valence-corrected chi connectivity index (χ3v) is 4.94. The molecule has 0 aliphatic heterocycles. The number of aromatic nitrogens is 1. The van der Waals surface area contributed by atoms with E-state index in [1.54, 1.807) is 6.92 Å². The zero-order valence-electron chi connectivity index (χ0n) is 18.3. The molecule has 1 heterocycles. The van der Waals surface area contributed by atoms with Crippen molar-refractivity contribution in [2.45, 2.75) is 60.1 Å². The Balaban J connectivity index is 1.92. The number of nitrogens with one attached hydrogen (secondary N) is 1. The predicted molar refractivity (Wildman–Crippen MR) is 113 cm³/mol. The van der Waals surface area contributed by atoms with Gasteiger partial charge in [0.1, 0.15) is 11.4 Å². The van der Waals surface area contributed by atoms with Gasteiger partial charge in [0.05, 0.1) is 12.7 Å². The highest BCUT2D eigenvalue weighted by Gasteiger charge is 2.21. The second-order valence-corrected chi connectivity index (χ2v) is 7.40. The first-order valence-corrected chi connectivity index (χ1v) is 10.1. The van der Waals surface area contributed by atoms with E-state index in [-0.39, 0.29) is 18.0 Å². The van der Waals surface area contributed by atoms with Crippen LogP contribution in [-0.2, 0) is 29.5 Å². The maximum atomic E-state index is 12.3. The van der Waals surface area contributed by atoms with Gasteiger partial charge in [0.25, 0.3) is 0 Å². The Labute approximate surface area is 173 Å². The Morgan fingerprint density at radius 1 is 1.14 bits per heavy atom. The van der Waals surface area contributed by atoms with Gasteiger partial charge in [0, 0.05) is 25.7 Å². The third kappa shape index (κ3) is 5.86. The van der Waals surface area contributed by atoms with Gasteiger partial charge in [-0.3, -0.25) is 4.79 Å². The Morgan fingerprint density at radius 3 is 2.38 bits per heavy atom. The molecule has 0 radical (unpaired) electrons. The molecule has 0 saturated carbocycles. The molecule has 6 heteroatoms. The molecule has 2 aromatic rings. The average Bonchev–Trinajstić information content (AvgIpc) is 2.88. The molecular formula is C23H32N2O4. The number of hydrogen-bond donors (Lipinski definition) is 1. The minimum Gasteiger partial charge on any atom is -0.491 e. The Hall–Kier alpha value is -2.76. The lowest BCUT2D eigenvalue weighted by Gasteiger charge is -2.10. The first-order chi connectivity index (χ1) is 13.7. The summed E-state index contributed by atoms with van der Waals surface area (Å²) in [4.78, 5) is 24.5. The van der Waals surface area contributed by atoms with Crippen molar-refractivity contribution < 1.29 is 19.1 Å². The van der Waals surface area contributed by atoms with Crippen LogP contribution in [-0.4, -0.2) is 29.2 Å². The van der Waals surface area contributed by atoms with E-state index in [4.69, 9.17) is 9.47 Å². The molecule has 0 bridgehead atoms. The van der Waals surface area contributed by atoms with Gasteiger partial charge in [-0.2, -0.15) is 0 Å². The average molecular weight is 401 g/mol. The van der Waals surface area contributed by atoms with Crippen molar-refractivity contribution in [3.63, 3.8) is 0 Å². The monoisotopic (exact) mass is 400 g/mol. The van der Waals surface area contributed by atoms with Crippen molar-refractivity contribution >= 4 is 11.9 Å². The lowest BCUT2D eigenvalue weighted by molar-refractivity contribution is -0.121. The van der Waals surface area contributed by atoms with Gasteiger partial charge in [-0.1, -0.05) is 12.1 Å². The van der Waals surface area contributed by atoms with Crippen molar-refractivity contribution in [2.24, 2.45) is 7.05 Å². The molecule has 0 saturated heterocycles. The van der Waals surface area contributed by atoms with E-state index in [1.165, 1.54) is 0 Å². The molecule has 1 aromatic heterocycles. The van der Waals surface area contributed by atoms with E-state index in [9.17, 15) is 9.59 Å². The summed E-state index contributed by atoms with van der Waals surface area (Å²) in [5, 5.41) is 2.95. The van der Waals surface area contributed by atoms with Crippen molar-refractivity contribution in [1.82, 2.24) is 9.88 Å². The quantitative estimate of drug-likeness (QED) is 0.649. The highest BCUT2D eigenvalue weighted by molar-refractivity contribution is 5.90. The van der Waals surface area contributed by atoms with E-state index in [2.05, 4.69) is 5.32 Å². The number of nitrogens with zero attached hydrogens (tertiary/aromatic N) is 1. The molecule has 0 aliphatic rings. The fourth-order valence-corrected chi connectivity index (χ4v) is 3.38. The zero-order valence-corrected chi connectivity index (χ0v) is 18.3. The normalized spacial score (nSPS) is 10.9. The molecule has 1 amide bonds. The fraction of sp³-hybridized carbons (Fsp3) is 0.478. The number of amides is 1. The number of esters is 1. The van der Waals surface area contributed by atoms with Crippen molar-refractivity contribution in [1.29, 1.82) is 0 Å². The molecule has 158 valence electrons. The van der Waals surface area contributed by atoms with Crippen LogP contribution in [0, 0.1) is 13.8 Å². The van der Waals surface area contributed by atoms with E-state index < -0.39 is 0 Å². The first kappa shape index (κ1) is 22.5. The molecule has 2 rings (SSSR count). The van der Waals surface area contributed by atoms with Crippen LogP contribution in [0.2, 0.25) is 0 Å². The molecule has 29 heavy (non-hydrogen) atoms. The molecule has 1 aromatic carbocycles. The SMILES string of the molecule is CCOC(=O)c1c(C)c(CCC(=O)NCc2ccc(OC(C)C)cc2)c(C)n1C. The summed E-state index contributed by atoms with van der Waals surface area (Å²) in [6.07, 6.45) is 1.08. The highest BCUT2D eigenvalue weighted by Crippen LogP contribution is 2.23. The molecule has 0 atom stereocenters. The largest absolute Gasteiger partial charge is 0.491 e. The third-order valence-electron chi connectivity index (χ3n) is 4.94. The number of hydrogen-bond acceptors (Lipinski definition) is 4. The van der Waals surface area contributed by atoms with Crippen molar-refractivity contribution in [3.8, 4) is 5.75 Å². The summed E-state index contributed by atoms with van der Waals surface area (Å²) in [6, 6.07) is 7.73. The second kappa shape index (κ2) is 10.1. The van der Waals surface area contributed by atoms with Crippen LogP contribution in [0.5, 0.6) is 5.75 Å². The van der Waals surface area contributed by atoms with Crippen molar-refractivity contribution in [2.75, 3.05) is 6.61 Å². The van der Waals surface area contributed by atoms with Gasteiger partial charge in [-0.15, -0.1) is 0 Å². The topological polar surface area (TPSA) is 69.6 Å². The van der Waals surface area contributed by atoms with Gasteiger partial charge in [0.15, 0.2) is 0 Å². The minimum absolute atomic E-state index is 0.0205. The van der Waals surface area contributed by atoms with Gasteiger partial charge >= 0.3 is 5.97 Å². The van der Waals surface area contributed by atoms with Gasteiger partial charge < -0.3 is 19.4 Å². The smallest absolute Gasteiger partial charge is 0.355 e. The van der Waals surface area contributed by atoms with Gasteiger partial charge in [-0.25, -0.2) is 4.79 Å². The van der Waals surface area contributed by atoms with Crippen LogP contribution < -0.4 is 10.1 Å². The predicted octanol–water partition coefficient (Wildman–Crippen LogP) is 3.85. The summed E-state index contributed by atoms with van der Waals surface area (Å²) in [5.41, 5.74) is 4.48. The highest BCUT2D eigenvalue weighted by atomic mass is 16.5. The minimum atomic E-state index is -0.323. The first-order valence-electron chi connectivity index (χ1n) is 10.1. The Kier molecular flexibility index (Phi) is 7.88. The molecule has 0 unspecified atom stereocenters. The number of rotatable bonds is 9. The van der Waals surface area contributed by atoms with Crippen LogP contribution >= 0.6 is 0 Å². The Morgan fingerprint density at radius 2 is 1.79 bits per heavy atom. The van der Waals surface area contributed by atoms with Crippen LogP contribution in [0.15, 0.2) is 24.3 Å². The number of ether oxygens (including phenoxy) is 2. The van der Waals surface area contributed by atoms with E-state index in [0.717, 1.165) is 28.1 Å². The Bertz CT molecular complexity index is 851. The van der Waals surface area contributed by atoms with Crippen LogP contribution in [0.25, 0.3) is 0 Å². The fourth-order valence-electron chi connectivity index (χ4n) is 3.38. The second-order valence-electron chi connectivity index (χ2n) is 7.40. The van der Waals surface area contributed by atoms with Crippen LogP contribution in [0.3, 0.4) is 0 Å². The van der Waals surface area contributed by atoms with Crippen LogP contribution in [0.4, 0.5) is 0 Å². The van der Waals surface area contributed by atoms with Crippen molar-refractivity contribution in [3.05, 3.63) is 52.3 Å². The van der Waals surface area contributed by atoms with Gasteiger partial charge in [-0.05, 0) is 69.9 Å². The molecular weight excluding hydrogens is 368 g/mol. The van der Waals surface area contributed by atoms with Gasteiger partial charge in [0.2, 0.25) is 5.91 Å². The summed E-state index contributed by atoms with van der Waals surface area (Å²) >= 11 is 0. The van der Waals surface area contributed by atoms with Crippen LogP contribution in [0.1, 0.15) is 60.1 Å². The molecule has 0 fully saturated rings. The lowest BCUT2D eigenvalue weighted by Crippen LogP contribution is -2.23. The standard InChI is InChI=1S/C23H32N2O4/c1-7-28-23(27)22-16(4)20(17(5)25(22)6)12-13-21(26)24-14-18-8-10-19(11-9-18)29-15(2)3/h8-11,15H,7,12-14H2,1-6H3,(H,24,26). The van der Waals surface area contributed by atoms with E-state index in [0.29, 0.717) is 31.7 Å². The lowest BCUT2D eigenvalue weighted by atomic mass is 10.0. The molecule has 1 N–H and O–H groups in total. The number of carbonyl (C=O) groups excluding carboxylic acids is 2. The van der Waals surface area contributed by atoms with E-state index in [1.807, 2.05) is 63.6 Å². The summed E-state index contributed by atoms with van der Waals surface area (Å²) in [6.45, 7) is 10.4. The molecule has 0 spiro atoms. The summed E-state index contributed by atoms with van der Waals surface area (Å²) in [7, 11) is 1.85. The number of carbonyl (C=O) groups is 2. The number of benzene rings is 1. The maximum absolute atomic E-state index is 12.3. The summed E-state index contributed by atoms with van der Waals surface area (Å²) < 4.78 is 12.6. The van der Waals surface area contributed by atoms with E-state index >= 15 is 0 Å².